The minimum atomic E-state index is -3.40. The van der Waals surface area contributed by atoms with Crippen LogP contribution < -0.4 is 4.72 Å². The summed E-state index contributed by atoms with van der Waals surface area (Å²) in [6.45, 7) is 6.96. The maximum absolute atomic E-state index is 12.0. The molecule has 2 heterocycles. The second-order valence-electron chi connectivity index (χ2n) is 8.93. The maximum Gasteiger partial charge on any atom is 0.232 e. The number of nitrogens with one attached hydrogen (secondary N) is 2. The highest BCUT2D eigenvalue weighted by molar-refractivity contribution is 7.92. The lowest BCUT2D eigenvalue weighted by Crippen LogP contribution is -2.28. The van der Waals surface area contributed by atoms with Gasteiger partial charge in [0.05, 0.1) is 22.7 Å². The number of rotatable bonds is 9. The average molecular weight is 483 g/mol. The van der Waals surface area contributed by atoms with E-state index in [-0.39, 0.29) is 11.6 Å². The summed E-state index contributed by atoms with van der Waals surface area (Å²) in [5.41, 5.74) is 4.69. The largest absolute Gasteiger partial charge is 0.494 e. The van der Waals surface area contributed by atoms with Crippen LogP contribution in [0.4, 0.5) is 11.4 Å². The molecule has 8 heteroatoms. The lowest BCUT2D eigenvalue weighted by molar-refractivity contribution is 0.221. The molecule has 0 aliphatic carbocycles. The minimum absolute atomic E-state index is 0.00736. The van der Waals surface area contributed by atoms with Gasteiger partial charge in [0.2, 0.25) is 10.0 Å². The van der Waals surface area contributed by atoms with Crippen LogP contribution in [0.15, 0.2) is 47.5 Å². The van der Waals surface area contributed by atoms with Crippen LogP contribution in [0, 0.1) is 0 Å². The molecule has 3 N–H and O–H groups in total. The Morgan fingerprint density at radius 3 is 2.50 bits per heavy atom. The van der Waals surface area contributed by atoms with Crippen molar-refractivity contribution in [3.63, 3.8) is 0 Å². The predicted octanol–water partition coefficient (Wildman–Crippen LogP) is 5.54. The van der Waals surface area contributed by atoms with Gasteiger partial charge in [0.25, 0.3) is 0 Å². The summed E-state index contributed by atoms with van der Waals surface area (Å²) >= 11 is 0. The van der Waals surface area contributed by atoms with E-state index in [1.807, 2.05) is 12.1 Å². The SMILES string of the molecule is CCCC(=Nc1ccc(CN2CCCCC2)cc1)c1c(O)[nH]c2ccc(NS(=O)(=O)CC)cc12. The summed E-state index contributed by atoms with van der Waals surface area (Å²) in [6.07, 6.45) is 5.43. The van der Waals surface area contributed by atoms with E-state index in [4.69, 9.17) is 4.99 Å². The topological polar surface area (TPSA) is 97.8 Å². The molecule has 3 aromatic rings. The molecule has 0 atom stereocenters. The molecule has 0 spiro atoms. The van der Waals surface area contributed by atoms with Crippen molar-refractivity contribution in [3.05, 3.63) is 53.6 Å². The van der Waals surface area contributed by atoms with Crippen LogP contribution in [0.3, 0.4) is 0 Å². The van der Waals surface area contributed by atoms with Crippen molar-refractivity contribution < 1.29 is 13.5 Å². The van der Waals surface area contributed by atoms with Crippen LogP contribution >= 0.6 is 0 Å². The van der Waals surface area contributed by atoms with Gasteiger partial charge in [-0.3, -0.25) is 14.6 Å². The summed E-state index contributed by atoms with van der Waals surface area (Å²) in [5.74, 6) is 0.0338. The number of aromatic hydroxyl groups is 1. The zero-order chi connectivity index (χ0) is 24.1. The highest BCUT2D eigenvalue weighted by Crippen LogP contribution is 2.32. The number of H-pyrrole nitrogens is 1. The Kier molecular flexibility index (Phi) is 7.58. The third-order valence-corrected chi connectivity index (χ3v) is 7.57. The molecular formula is C26H34N4O3S. The molecule has 7 nitrogen and oxygen atoms in total. The number of hydrogen-bond donors (Lipinski definition) is 3. The molecule has 0 saturated carbocycles. The number of aromatic amines is 1. The van der Waals surface area contributed by atoms with Gasteiger partial charge >= 0.3 is 0 Å². The summed E-state index contributed by atoms with van der Waals surface area (Å²) in [4.78, 5) is 10.4. The van der Waals surface area contributed by atoms with E-state index >= 15 is 0 Å². The van der Waals surface area contributed by atoms with Crippen LogP contribution in [0.1, 0.15) is 57.1 Å². The molecular weight excluding hydrogens is 448 g/mol. The number of aromatic nitrogens is 1. The van der Waals surface area contributed by atoms with Crippen LogP contribution in [0.2, 0.25) is 0 Å². The van der Waals surface area contributed by atoms with Crippen LogP contribution in [0.25, 0.3) is 10.9 Å². The summed E-state index contributed by atoms with van der Waals surface area (Å²) in [5, 5.41) is 11.5. The predicted molar refractivity (Wildman–Crippen MR) is 140 cm³/mol. The monoisotopic (exact) mass is 482 g/mol. The summed E-state index contributed by atoms with van der Waals surface area (Å²) < 4.78 is 26.7. The zero-order valence-electron chi connectivity index (χ0n) is 20.0. The lowest BCUT2D eigenvalue weighted by atomic mass is 10.0. The molecule has 4 rings (SSSR count). The summed E-state index contributed by atoms with van der Waals surface area (Å²) in [7, 11) is -3.40. The van der Waals surface area contributed by atoms with E-state index in [1.165, 1.54) is 24.8 Å². The molecule has 182 valence electrons. The fraction of sp³-hybridized carbons (Fsp3) is 0.423. The molecule has 1 saturated heterocycles. The first kappa shape index (κ1) is 24.3. The van der Waals surface area contributed by atoms with Gasteiger partial charge in [0, 0.05) is 23.1 Å². The Morgan fingerprint density at radius 2 is 1.82 bits per heavy atom. The molecule has 0 radical (unpaired) electrons. The van der Waals surface area contributed by atoms with Crippen LogP contribution in [-0.2, 0) is 16.6 Å². The number of benzene rings is 2. The Labute approximate surface area is 202 Å². The Morgan fingerprint density at radius 1 is 1.09 bits per heavy atom. The number of likely N-dealkylation sites (tertiary alicyclic amines) is 1. The van der Waals surface area contributed by atoms with Gasteiger partial charge in [0.1, 0.15) is 0 Å². The van der Waals surface area contributed by atoms with Gasteiger partial charge < -0.3 is 10.1 Å². The van der Waals surface area contributed by atoms with Crippen molar-refractivity contribution in [2.75, 3.05) is 23.6 Å². The number of fused-ring (bicyclic) bond motifs is 1. The number of piperidine rings is 1. The van der Waals surface area contributed by atoms with Crippen molar-refractivity contribution in [3.8, 4) is 5.88 Å². The molecule has 1 aromatic heterocycles. The zero-order valence-corrected chi connectivity index (χ0v) is 20.8. The van der Waals surface area contributed by atoms with E-state index in [1.54, 1.807) is 25.1 Å². The molecule has 34 heavy (non-hydrogen) atoms. The maximum atomic E-state index is 12.0. The fourth-order valence-electron chi connectivity index (χ4n) is 4.47. The number of sulfonamides is 1. The van der Waals surface area contributed by atoms with Gasteiger partial charge in [-0.25, -0.2) is 8.42 Å². The smallest absolute Gasteiger partial charge is 0.232 e. The molecule has 0 bridgehead atoms. The van der Waals surface area contributed by atoms with E-state index < -0.39 is 10.0 Å². The van der Waals surface area contributed by atoms with E-state index in [0.29, 0.717) is 17.7 Å². The second kappa shape index (κ2) is 10.6. The van der Waals surface area contributed by atoms with Gasteiger partial charge in [-0.1, -0.05) is 31.9 Å². The molecule has 0 amide bonds. The standard InChI is InChI=1S/C26H34N4O3S/c1-3-8-24(27-20-11-9-19(10-12-20)18-30-15-6-5-7-16-30)25-22-17-21(29-34(32,33)4-2)13-14-23(22)28-26(25)31/h9-14,17,28-29,31H,3-8,15-16,18H2,1-2H3. The number of anilines is 1. The van der Waals surface area contributed by atoms with Crippen molar-refractivity contribution in [2.24, 2.45) is 4.99 Å². The quantitative estimate of drug-likeness (QED) is 0.349. The number of aliphatic imine (C=N–C) groups is 1. The molecule has 2 aromatic carbocycles. The van der Waals surface area contributed by atoms with Gasteiger partial charge in [-0.2, -0.15) is 0 Å². The Balaban J connectivity index is 1.64. The van der Waals surface area contributed by atoms with Crippen LogP contribution in [0.5, 0.6) is 5.88 Å². The molecule has 1 aliphatic heterocycles. The van der Waals surface area contributed by atoms with Crippen molar-refractivity contribution in [2.45, 2.75) is 52.5 Å². The Hall–Kier alpha value is -2.84. The first-order valence-electron chi connectivity index (χ1n) is 12.1. The van der Waals surface area contributed by atoms with E-state index in [9.17, 15) is 13.5 Å². The Bertz CT molecular complexity index is 1260. The average Bonchev–Trinajstić information content (AvgIpc) is 3.15. The first-order valence-corrected chi connectivity index (χ1v) is 13.8. The number of hydrogen-bond acceptors (Lipinski definition) is 5. The highest BCUT2D eigenvalue weighted by atomic mass is 32.2. The summed E-state index contributed by atoms with van der Waals surface area (Å²) in [6, 6.07) is 13.5. The van der Waals surface area contributed by atoms with E-state index in [0.717, 1.165) is 48.4 Å². The number of nitrogens with zero attached hydrogens (tertiary/aromatic N) is 2. The lowest BCUT2D eigenvalue weighted by Gasteiger charge is -2.26. The van der Waals surface area contributed by atoms with Gasteiger partial charge in [0.15, 0.2) is 5.88 Å². The fourth-order valence-corrected chi connectivity index (χ4v) is 5.10. The minimum Gasteiger partial charge on any atom is -0.494 e. The highest BCUT2D eigenvalue weighted by Gasteiger charge is 2.18. The van der Waals surface area contributed by atoms with Gasteiger partial charge in [-0.15, -0.1) is 0 Å². The van der Waals surface area contributed by atoms with E-state index in [2.05, 4.69) is 33.7 Å². The van der Waals surface area contributed by atoms with Gasteiger partial charge in [-0.05, 0) is 75.2 Å². The molecule has 0 unspecified atom stereocenters. The van der Waals surface area contributed by atoms with Crippen molar-refractivity contribution in [1.29, 1.82) is 0 Å². The third-order valence-electron chi connectivity index (χ3n) is 6.26. The van der Waals surface area contributed by atoms with Crippen molar-refractivity contribution >= 4 is 38.0 Å². The van der Waals surface area contributed by atoms with Crippen LogP contribution in [-0.4, -0.2) is 48.0 Å². The van der Waals surface area contributed by atoms with Crippen molar-refractivity contribution in [1.82, 2.24) is 9.88 Å². The second-order valence-corrected chi connectivity index (χ2v) is 10.9. The normalized spacial score (nSPS) is 15.6. The molecule has 1 fully saturated rings. The third kappa shape index (κ3) is 5.80. The first-order chi connectivity index (χ1) is 16.4. The molecule has 1 aliphatic rings.